The van der Waals surface area contributed by atoms with Gasteiger partial charge < -0.3 is 5.11 Å². The van der Waals surface area contributed by atoms with E-state index >= 15 is 0 Å². The van der Waals surface area contributed by atoms with Crippen molar-refractivity contribution < 1.29 is 13.5 Å². The Morgan fingerprint density at radius 3 is 2.47 bits per heavy atom. The molecule has 6 heteroatoms. The molecule has 0 radical (unpaired) electrons. The largest absolute Gasteiger partial charge is 0.392 e. The van der Waals surface area contributed by atoms with Crippen LogP contribution in [0.5, 0.6) is 0 Å². The highest BCUT2D eigenvalue weighted by Crippen LogP contribution is 2.33. The van der Waals surface area contributed by atoms with Gasteiger partial charge >= 0.3 is 0 Å². The van der Waals surface area contributed by atoms with Crippen LogP contribution in [0.1, 0.15) is 5.56 Å². The number of hydrogen-bond acceptors (Lipinski definition) is 4. The van der Waals surface area contributed by atoms with Gasteiger partial charge in [-0.1, -0.05) is 11.6 Å². The summed E-state index contributed by atoms with van der Waals surface area (Å²) in [6.07, 6.45) is 2.88. The highest BCUT2D eigenvalue weighted by Gasteiger charge is 2.16. The van der Waals surface area contributed by atoms with Crippen LogP contribution in [0.2, 0.25) is 5.02 Å². The van der Waals surface area contributed by atoms with Crippen molar-refractivity contribution in [1.82, 2.24) is 0 Å². The zero-order valence-corrected chi connectivity index (χ0v) is 10.7. The normalized spacial score (nSPS) is 11.7. The van der Waals surface area contributed by atoms with Gasteiger partial charge in [0, 0.05) is 11.2 Å². The van der Waals surface area contributed by atoms with Crippen LogP contribution in [0, 0.1) is 0 Å². The molecule has 1 aromatic rings. The fourth-order valence-corrected chi connectivity index (χ4v) is 3.75. The van der Waals surface area contributed by atoms with Crippen LogP contribution in [0.4, 0.5) is 0 Å². The van der Waals surface area contributed by atoms with E-state index in [0.717, 1.165) is 6.26 Å². The Balaban J connectivity index is 3.53. The Labute approximate surface area is 98.4 Å². The van der Waals surface area contributed by atoms with Crippen molar-refractivity contribution in [3.8, 4) is 0 Å². The second kappa shape index (κ2) is 4.74. The summed E-state index contributed by atoms with van der Waals surface area (Å²) in [7, 11) is -3.32. The SMILES string of the molecule is CSc1c(Cl)cc(CO)cc1S(C)(=O)=O. The number of benzene rings is 1. The maximum Gasteiger partial charge on any atom is 0.176 e. The minimum atomic E-state index is -3.32. The minimum Gasteiger partial charge on any atom is -0.392 e. The van der Waals surface area contributed by atoms with Crippen LogP contribution < -0.4 is 0 Å². The van der Waals surface area contributed by atoms with Crippen molar-refractivity contribution in [3.05, 3.63) is 22.7 Å². The summed E-state index contributed by atoms with van der Waals surface area (Å²) in [5.74, 6) is 0. The molecule has 0 heterocycles. The van der Waals surface area contributed by atoms with Gasteiger partial charge in [0.2, 0.25) is 0 Å². The number of aliphatic hydroxyl groups is 1. The quantitative estimate of drug-likeness (QED) is 0.850. The zero-order chi connectivity index (χ0) is 11.6. The maximum absolute atomic E-state index is 11.5. The molecule has 1 N–H and O–H groups in total. The fourth-order valence-electron chi connectivity index (χ4n) is 1.19. The Bertz CT molecular complexity index is 468. The van der Waals surface area contributed by atoms with Gasteiger partial charge in [0.25, 0.3) is 0 Å². The van der Waals surface area contributed by atoms with Gasteiger partial charge in [-0.05, 0) is 24.0 Å². The van der Waals surface area contributed by atoms with Crippen molar-refractivity contribution in [1.29, 1.82) is 0 Å². The Kier molecular flexibility index (Phi) is 4.06. The summed E-state index contributed by atoms with van der Waals surface area (Å²) >= 11 is 7.20. The van der Waals surface area contributed by atoms with Crippen molar-refractivity contribution >= 4 is 33.2 Å². The van der Waals surface area contributed by atoms with Crippen molar-refractivity contribution in [2.75, 3.05) is 12.5 Å². The number of thioether (sulfide) groups is 1. The average molecular weight is 267 g/mol. The molecule has 0 saturated heterocycles. The Morgan fingerprint density at radius 2 is 2.07 bits per heavy atom. The summed E-state index contributed by atoms with van der Waals surface area (Å²) in [5.41, 5.74) is 0.498. The molecule has 0 saturated carbocycles. The van der Waals surface area contributed by atoms with Crippen molar-refractivity contribution in [2.24, 2.45) is 0 Å². The molecule has 0 fully saturated rings. The Morgan fingerprint density at radius 1 is 1.47 bits per heavy atom. The molecule has 0 amide bonds. The van der Waals surface area contributed by atoms with Crippen LogP contribution in [0.3, 0.4) is 0 Å². The first-order valence-electron chi connectivity index (χ1n) is 4.07. The van der Waals surface area contributed by atoms with E-state index in [-0.39, 0.29) is 11.5 Å². The molecule has 0 aliphatic carbocycles. The molecule has 3 nitrogen and oxygen atoms in total. The number of aliphatic hydroxyl groups excluding tert-OH is 1. The van der Waals surface area contributed by atoms with Gasteiger partial charge in [0.1, 0.15) is 0 Å². The van der Waals surface area contributed by atoms with E-state index in [1.54, 1.807) is 12.3 Å². The van der Waals surface area contributed by atoms with Crippen LogP contribution >= 0.6 is 23.4 Å². The predicted octanol–water partition coefficient (Wildman–Crippen LogP) is 1.96. The lowest BCUT2D eigenvalue weighted by Gasteiger charge is -2.09. The molecule has 15 heavy (non-hydrogen) atoms. The van der Waals surface area contributed by atoms with Gasteiger partial charge in [0.05, 0.1) is 16.5 Å². The smallest absolute Gasteiger partial charge is 0.176 e. The van der Waals surface area contributed by atoms with E-state index < -0.39 is 9.84 Å². The first-order chi connectivity index (χ1) is 6.90. The third-order valence-electron chi connectivity index (χ3n) is 1.86. The van der Waals surface area contributed by atoms with E-state index in [9.17, 15) is 8.42 Å². The molecular formula is C9H11ClO3S2. The van der Waals surface area contributed by atoms with E-state index in [0.29, 0.717) is 15.5 Å². The molecule has 1 aromatic carbocycles. The summed E-state index contributed by atoms with van der Waals surface area (Å²) in [5, 5.41) is 9.31. The zero-order valence-electron chi connectivity index (χ0n) is 8.32. The lowest BCUT2D eigenvalue weighted by molar-refractivity contribution is 0.281. The van der Waals surface area contributed by atoms with Gasteiger partial charge in [0.15, 0.2) is 9.84 Å². The summed E-state index contributed by atoms with van der Waals surface area (Å²) in [6, 6.07) is 3.02. The molecule has 0 aliphatic heterocycles. The van der Waals surface area contributed by atoms with Crippen LogP contribution in [0.15, 0.2) is 21.9 Å². The molecule has 84 valence electrons. The minimum absolute atomic E-state index is 0.173. The average Bonchev–Trinajstić information content (AvgIpc) is 2.15. The highest BCUT2D eigenvalue weighted by atomic mass is 35.5. The molecule has 0 aliphatic rings. The lowest BCUT2D eigenvalue weighted by Crippen LogP contribution is -2.01. The number of sulfone groups is 1. The predicted molar refractivity (Wildman–Crippen MR) is 62.3 cm³/mol. The molecular weight excluding hydrogens is 256 g/mol. The lowest BCUT2D eigenvalue weighted by atomic mass is 10.2. The molecule has 0 aromatic heterocycles. The number of rotatable bonds is 3. The summed E-state index contributed by atoms with van der Waals surface area (Å²) in [4.78, 5) is 0.697. The second-order valence-electron chi connectivity index (χ2n) is 3.04. The summed E-state index contributed by atoms with van der Waals surface area (Å²) in [6.45, 7) is -0.225. The van der Waals surface area contributed by atoms with Crippen LogP contribution in [-0.2, 0) is 16.4 Å². The molecule has 0 unspecified atom stereocenters. The van der Waals surface area contributed by atoms with E-state index in [4.69, 9.17) is 16.7 Å². The molecule has 0 bridgehead atoms. The highest BCUT2D eigenvalue weighted by molar-refractivity contribution is 7.99. The van der Waals surface area contributed by atoms with Gasteiger partial charge in [-0.25, -0.2) is 8.42 Å². The van der Waals surface area contributed by atoms with Gasteiger partial charge in [-0.15, -0.1) is 11.8 Å². The third kappa shape index (κ3) is 2.87. The standard InChI is InChI=1S/C9H11ClO3S2/c1-14-9-7(10)3-6(5-11)4-8(9)15(2,12)13/h3-4,11H,5H2,1-2H3. The number of hydrogen-bond donors (Lipinski definition) is 1. The third-order valence-corrected chi connectivity index (χ3v) is 4.36. The fraction of sp³-hybridized carbons (Fsp3) is 0.333. The van der Waals surface area contributed by atoms with Gasteiger partial charge in [-0.3, -0.25) is 0 Å². The van der Waals surface area contributed by atoms with Crippen LogP contribution in [0.25, 0.3) is 0 Å². The van der Waals surface area contributed by atoms with Gasteiger partial charge in [-0.2, -0.15) is 0 Å². The molecule has 0 spiro atoms. The molecule has 0 atom stereocenters. The first-order valence-corrected chi connectivity index (χ1v) is 7.57. The Hall–Kier alpha value is -0.230. The molecule has 1 rings (SSSR count). The monoisotopic (exact) mass is 266 g/mol. The number of halogens is 1. The first kappa shape index (κ1) is 12.8. The van der Waals surface area contributed by atoms with E-state index in [2.05, 4.69) is 0 Å². The van der Waals surface area contributed by atoms with Crippen molar-refractivity contribution in [2.45, 2.75) is 16.4 Å². The van der Waals surface area contributed by atoms with Crippen LogP contribution in [-0.4, -0.2) is 26.0 Å². The second-order valence-corrected chi connectivity index (χ2v) is 6.25. The van der Waals surface area contributed by atoms with E-state index in [1.807, 2.05) is 0 Å². The van der Waals surface area contributed by atoms with E-state index in [1.165, 1.54) is 17.8 Å². The van der Waals surface area contributed by atoms with Crippen molar-refractivity contribution in [3.63, 3.8) is 0 Å². The maximum atomic E-state index is 11.5. The summed E-state index contributed by atoms with van der Waals surface area (Å²) < 4.78 is 23.0. The topological polar surface area (TPSA) is 54.4 Å².